The van der Waals surface area contributed by atoms with Crippen LogP contribution in [0.4, 0.5) is 11.9 Å². The van der Waals surface area contributed by atoms with Gasteiger partial charge in [0, 0.05) is 12.1 Å². The fourth-order valence-corrected chi connectivity index (χ4v) is 3.21. The predicted molar refractivity (Wildman–Crippen MR) is 74.6 cm³/mol. The molecule has 0 spiro atoms. The average Bonchev–Trinajstić information content (AvgIpc) is 2.68. The van der Waals surface area contributed by atoms with E-state index in [0.717, 1.165) is 32.1 Å². The molecule has 2 unspecified atom stereocenters. The number of hydrogen-bond donors (Lipinski definition) is 2. The third-order valence-corrected chi connectivity index (χ3v) is 3.99. The number of anilines is 2. The van der Waals surface area contributed by atoms with Crippen molar-refractivity contribution in [2.24, 2.45) is 0 Å². The highest BCUT2D eigenvalue weighted by atomic mass is 16.5. The lowest BCUT2D eigenvalue weighted by molar-refractivity contribution is 0.125. The van der Waals surface area contributed by atoms with E-state index in [0.29, 0.717) is 30.6 Å². The van der Waals surface area contributed by atoms with Crippen molar-refractivity contribution in [3.05, 3.63) is 0 Å². The quantitative estimate of drug-likeness (QED) is 0.838. The second-order valence-corrected chi connectivity index (χ2v) is 5.54. The Labute approximate surface area is 118 Å². The van der Waals surface area contributed by atoms with Crippen molar-refractivity contribution >= 4 is 11.9 Å². The lowest BCUT2D eigenvalue weighted by Gasteiger charge is -2.37. The molecule has 2 atom stereocenters. The van der Waals surface area contributed by atoms with E-state index >= 15 is 0 Å². The summed E-state index contributed by atoms with van der Waals surface area (Å²) in [5.41, 5.74) is 5.76. The van der Waals surface area contributed by atoms with Gasteiger partial charge in [-0.25, -0.2) is 0 Å². The zero-order chi connectivity index (χ0) is 14.1. The molecule has 3 rings (SSSR count). The standard InChI is InChI=1S/C13H21N5O2/c1-2-5-20-13-16-11(14)15-12(17-13)18-8-3-4-9(18)7-10(19)6-8/h8-10,19H,2-7H2,1H3,(H2,14,15,16,17). The zero-order valence-electron chi connectivity index (χ0n) is 11.7. The minimum atomic E-state index is -0.209. The van der Waals surface area contributed by atoms with Crippen molar-refractivity contribution in [3.63, 3.8) is 0 Å². The van der Waals surface area contributed by atoms with Gasteiger partial charge in [-0.3, -0.25) is 0 Å². The molecule has 7 heteroatoms. The number of piperidine rings is 1. The van der Waals surface area contributed by atoms with Crippen LogP contribution < -0.4 is 15.4 Å². The molecular weight excluding hydrogens is 258 g/mol. The van der Waals surface area contributed by atoms with Crippen LogP contribution in [0.25, 0.3) is 0 Å². The Hall–Kier alpha value is -1.63. The van der Waals surface area contributed by atoms with Crippen molar-refractivity contribution < 1.29 is 9.84 Å². The number of aliphatic hydroxyl groups is 1. The number of aromatic nitrogens is 3. The number of nitrogens with zero attached hydrogens (tertiary/aromatic N) is 4. The molecule has 0 saturated carbocycles. The molecule has 1 aromatic heterocycles. The Morgan fingerprint density at radius 1 is 1.25 bits per heavy atom. The summed E-state index contributed by atoms with van der Waals surface area (Å²) in [5, 5.41) is 9.85. The van der Waals surface area contributed by atoms with Crippen molar-refractivity contribution in [2.75, 3.05) is 17.2 Å². The van der Waals surface area contributed by atoms with Gasteiger partial charge in [-0.05, 0) is 32.1 Å². The number of aliphatic hydroxyl groups excluding tert-OH is 1. The lowest BCUT2D eigenvalue weighted by Crippen LogP contribution is -2.45. The summed E-state index contributed by atoms with van der Waals surface area (Å²) in [7, 11) is 0. The minimum absolute atomic E-state index is 0.187. The van der Waals surface area contributed by atoms with E-state index in [2.05, 4.69) is 19.9 Å². The second-order valence-electron chi connectivity index (χ2n) is 5.54. The Morgan fingerprint density at radius 3 is 2.60 bits per heavy atom. The van der Waals surface area contributed by atoms with E-state index in [-0.39, 0.29) is 12.1 Å². The maximum Gasteiger partial charge on any atom is 0.323 e. The smallest absolute Gasteiger partial charge is 0.323 e. The monoisotopic (exact) mass is 279 g/mol. The van der Waals surface area contributed by atoms with Gasteiger partial charge >= 0.3 is 6.01 Å². The molecule has 2 fully saturated rings. The number of fused-ring (bicyclic) bond motifs is 2. The van der Waals surface area contributed by atoms with Gasteiger partial charge in [-0.1, -0.05) is 6.92 Å². The van der Waals surface area contributed by atoms with Crippen LogP contribution in [-0.2, 0) is 0 Å². The second kappa shape index (κ2) is 5.40. The van der Waals surface area contributed by atoms with Crippen LogP contribution in [0.3, 0.4) is 0 Å². The van der Waals surface area contributed by atoms with E-state index in [1.807, 2.05) is 6.92 Å². The van der Waals surface area contributed by atoms with Gasteiger partial charge in [0.25, 0.3) is 0 Å². The molecule has 2 saturated heterocycles. The summed E-state index contributed by atoms with van der Waals surface area (Å²) in [5.74, 6) is 0.773. The molecule has 2 aliphatic rings. The first-order valence-electron chi connectivity index (χ1n) is 7.28. The first kappa shape index (κ1) is 13.4. The highest BCUT2D eigenvalue weighted by molar-refractivity contribution is 5.41. The zero-order valence-corrected chi connectivity index (χ0v) is 11.7. The van der Waals surface area contributed by atoms with E-state index < -0.39 is 0 Å². The molecule has 0 aromatic carbocycles. The van der Waals surface area contributed by atoms with Crippen LogP contribution in [-0.4, -0.2) is 44.9 Å². The Bertz CT molecular complexity index is 470. The van der Waals surface area contributed by atoms with Crippen molar-refractivity contribution in [3.8, 4) is 6.01 Å². The third kappa shape index (κ3) is 2.49. The molecule has 1 aromatic rings. The fraction of sp³-hybridized carbons (Fsp3) is 0.769. The molecule has 110 valence electrons. The topological polar surface area (TPSA) is 97.4 Å². The number of hydrogen-bond acceptors (Lipinski definition) is 7. The number of nitrogens with two attached hydrogens (primary N) is 1. The molecule has 20 heavy (non-hydrogen) atoms. The number of rotatable bonds is 4. The average molecular weight is 279 g/mol. The van der Waals surface area contributed by atoms with E-state index in [9.17, 15) is 5.11 Å². The number of nitrogen functional groups attached to an aromatic ring is 1. The fourth-order valence-electron chi connectivity index (χ4n) is 3.21. The van der Waals surface area contributed by atoms with E-state index in [4.69, 9.17) is 10.5 Å². The Morgan fingerprint density at radius 2 is 1.95 bits per heavy atom. The van der Waals surface area contributed by atoms with E-state index in [1.54, 1.807) is 0 Å². The number of ether oxygens (including phenoxy) is 1. The normalized spacial score (nSPS) is 28.7. The summed E-state index contributed by atoms with van der Waals surface area (Å²) in [4.78, 5) is 14.8. The van der Waals surface area contributed by atoms with Gasteiger partial charge in [-0.2, -0.15) is 15.0 Å². The van der Waals surface area contributed by atoms with Crippen LogP contribution in [0.5, 0.6) is 6.01 Å². The Balaban J connectivity index is 1.85. The molecule has 0 amide bonds. The maximum absolute atomic E-state index is 9.85. The molecule has 3 heterocycles. The summed E-state index contributed by atoms with van der Waals surface area (Å²) in [6.07, 6.45) is 4.36. The Kier molecular flexibility index (Phi) is 3.60. The molecule has 0 aliphatic carbocycles. The van der Waals surface area contributed by atoms with Crippen LogP contribution >= 0.6 is 0 Å². The first-order valence-corrected chi connectivity index (χ1v) is 7.28. The SMILES string of the molecule is CCCOc1nc(N)nc(N2C3CCC2CC(O)C3)n1. The molecular formula is C13H21N5O2. The molecule has 0 radical (unpaired) electrons. The van der Waals surface area contributed by atoms with Crippen LogP contribution in [0.2, 0.25) is 0 Å². The van der Waals surface area contributed by atoms with Crippen LogP contribution in [0, 0.1) is 0 Å². The van der Waals surface area contributed by atoms with Gasteiger partial charge in [-0.15, -0.1) is 0 Å². The highest BCUT2D eigenvalue weighted by Gasteiger charge is 2.41. The molecule has 2 aliphatic heterocycles. The van der Waals surface area contributed by atoms with Crippen molar-refractivity contribution in [1.82, 2.24) is 15.0 Å². The van der Waals surface area contributed by atoms with Crippen LogP contribution in [0.15, 0.2) is 0 Å². The van der Waals surface area contributed by atoms with E-state index in [1.165, 1.54) is 0 Å². The van der Waals surface area contributed by atoms with Gasteiger partial charge in [0.05, 0.1) is 12.7 Å². The molecule has 7 nitrogen and oxygen atoms in total. The van der Waals surface area contributed by atoms with Crippen LogP contribution in [0.1, 0.15) is 39.0 Å². The lowest BCUT2D eigenvalue weighted by atomic mass is 10.0. The molecule has 2 bridgehead atoms. The first-order chi connectivity index (χ1) is 9.67. The summed E-state index contributed by atoms with van der Waals surface area (Å²) in [6, 6.07) is 0.883. The summed E-state index contributed by atoms with van der Waals surface area (Å²) >= 11 is 0. The molecule has 3 N–H and O–H groups in total. The van der Waals surface area contributed by atoms with Gasteiger partial charge in [0.15, 0.2) is 0 Å². The summed E-state index contributed by atoms with van der Waals surface area (Å²) in [6.45, 7) is 2.59. The highest BCUT2D eigenvalue weighted by Crippen LogP contribution is 2.38. The largest absolute Gasteiger partial charge is 0.463 e. The summed E-state index contributed by atoms with van der Waals surface area (Å²) < 4.78 is 5.46. The van der Waals surface area contributed by atoms with Gasteiger partial charge in [0.2, 0.25) is 11.9 Å². The van der Waals surface area contributed by atoms with Crippen molar-refractivity contribution in [1.29, 1.82) is 0 Å². The predicted octanol–water partition coefficient (Wildman–Crippen LogP) is 0.735. The maximum atomic E-state index is 9.85. The van der Waals surface area contributed by atoms with Crippen molar-refractivity contribution in [2.45, 2.75) is 57.2 Å². The van der Waals surface area contributed by atoms with Gasteiger partial charge in [0.1, 0.15) is 0 Å². The minimum Gasteiger partial charge on any atom is -0.463 e. The third-order valence-electron chi connectivity index (χ3n) is 3.99. The van der Waals surface area contributed by atoms with Gasteiger partial charge < -0.3 is 20.5 Å².